The lowest BCUT2D eigenvalue weighted by Crippen LogP contribution is -2.71. The number of carbonyl (C=O) groups excluding carboxylic acids is 4. The van der Waals surface area contributed by atoms with E-state index in [0.717, 1.165) is 4.90 Å². The number of aliphatic carboxylic acids is 2. The number of carboxylic acid groups (broad SMARTS) is 2. The zero-order chi connectivity index (χ0) is 31.4. The number of nitrogens with two attached hydrogens (primary N) is 1. The van der Waals surface area contributed by atoms with Crippen LogP contribution in [0.3, 0.4) is 0 Å². The molecule has 0 radical (unpaired) electrons. The van der Waals surface area contributed by atoms with E-state index < -0.39 is 53.5 Å². The summed E-state index contributed by atoms with van der Waals surface area (Å²) in [6.45, 7) is -0.644. The number of furan rings is 1. The standard InChI is InChI=1S/C16H16N4O8S.C8H9NO5/c1-26-19-9(8-3-2-4-27-8)12(21)18-10-13(22)20-11(15(23)24)7(5-28-16(17)25)6-29-14(10)20;10-2-1-4-7(8(12)13)9-5(11)3-6(9)14-4/h2-4,10,14H,5-6H2,1H3,(H2,17,25)(H,18,21)(H,23,24);1,6-7,10H,2-3H2,(H,12,13)/b19-9+;4-1-/t10-,14-;6-,7-/m11/s1. The number of carbonyl (C=O) groups is 6. The Morgan fingerprint density at radius 3 is 2.58 bits per heavy atom. The Balaban J connectivity index is 0.000000251. The third-order valence-electron chi connectivity index (χ3n) is 6.37. The van der Waals surface area contributed by atoms with Crippen LogP contribution in [0, 0.1) is 0 Å². The molecule has 3 saturated heterocycles. The fraction of sp³-hybridized carbons (Fsp3) is 0.375. The lowest BCUT2D eigenvalue weighted by molar-refractivity contribution is -0.163. The van der Waals surface area contributed by atoms with Crippen LogP contribution in [0.15, 0.2) is 51.1 Å². The minimum absolute atomic E-state index is 0.140. The van der Waals surface area contributed by atoms with Gasteiger partial charge in [0.15, 0.2) is 18.0 Å². The number of primary amides is 1. The third kappa shape index (κ3) is 6.11. The number of aliphatic hydroxyl groups is 1. The number of hydrogen-bond donors (Lipinski definition) is 5. The third-order valence-corrected chi connectivity index (χ3v) is 7.71. The van der Waals surface area contributed by atoms with E-state index in [-0.39, 0.29) is 59.8 Å². The number of nitrogens with zero attached hydrogens (tertiary/aromatic N) is 3. The molecule has 18 nitrogen and oxygen atoms in total. The Morgan fingerprint density at radius 1 is 1.28 bits per heavy atom. The highest BCUT2D eigenvalue weighted by Crippen LogP contribution is 2.40. The molecule has 0 unspecified atom stereocenters. The maximum absolute atomic E-state index is 12.6. The number of β-lactam (4-membered cyclic amide) rings is 2. The van der Waals surface area contributed by atoms with Gasteiger partial charge in [-0.05, 0) is 18.2 Å². The van der Waals surface area contributed by atoms with Crippen molar-refractivity contribution in [3.8, 4) is 0 Å². The normalized spacial score (nSPS) is 24.9. The summed E-state index contributed by atoms with van der Waals surface area (Å²) in [6.07, 6.45) is 1.32. The van der Waals surface area contributed by atoms with Gasteiger partial charge in [0.1, 0.15) is 36.6 Å². The van der Waals surface area contributed by atoms with Crippen LogP contribution < -0.4 is 11.1 Å². The van der Waals surface area contributed by atoms with Crippen molar-refractivity contribution in [3.63, 3.8) is 0 Å². The summed E-state index contributed by atoms with van der Waals surface area (Å²) < 4.78 is 15.0. The van der Waals surface area contributed by atoms with Crippen molar-refractivity contribution < 1.29 is 62.8 Å². The molecule has 19 heteroatoms. The molecule has 0 saturated carbocycles. The second-order valence-corrected chi connectivity index (χ2v) is 10.0. The summed E-state index contributed by atoms with van der Waals surface area (Å²) in [7, 11) is 1.25. The predicted octanol–water partition coefficient (Wildman–Crippen LogP) is -1.63. The van der Waals surface area contributed by atoms with Crippen LogP contribution in [0.5, 0.6) is 0 Å². The zero-order valence-electron chi connectivity index (χ0n) is 22.2. The van der Waals surface area contributed by atoms with Crippen molar-refractivity contribution >= 4 is 53.2 Å². The van der Waals surface area contributed by atoms with Gasteiger partial charge >= 0.3 is 18.0 Å². The molecule has 43 heavy (non-hydrogen) atoms. The molecular weight excluding hydrogens is 598 g/mol. The largest absolute Gasteiger partial charge is 0.479 e. The maximum atomic E-state index is 12.6. The number of hydrogen-bond acceptors (Lipinski definition) is 13. The van der Waals surface area contributed by atoms with Crippen molar-refractivity contribution in [2.24, 2.45) is 10.9 Å². The average molecular weight is 624 g/mol. The Morgan fingerprint density at radius 2 is 2.02 bits per heavy atom. The molecule has 4 atom stereocenters. The SMILES string of the molecule is CO/N=C(/C(=O)N[C@@H]1C(=O)N2C(C(=O)O)=C(COC(N)=O)CS[C@H]12)c1ccco1.O=C(O)[C@H]1/C(=C/CO)O[C@@H]2CC(=O)N21. The number of nitrogens with one attached hydrogen (secondary N) is 1. The van der Waals surface area contributed by atoms with Crippen LogP contribution in [0.25, 0.3) is 0 Å². The molecule has 4 aliphatic rings. The Bertz CT molecular complexity index is 1420. The van der Waals surface area contributed by atoms with Crippen molar-refractivity contribution in [2.45, 2.75) is 30.1 Å². The van der Waals surface area contributed by atoms with E-state index in [1.807, 2.05) is 0 Å². The highest BCUT2D eigenvalue weighted by Gasteiger charge is 2.55. The van der Waals surface area contributed by atoms with Gasteiger partial charge in [0, 0.05) is 11.3 Å². The quantitative estimate of drug-likeness (QED) is 0.118. The van der Waals surface area contributed by atoms with Gasteiger partial charge in [-0.3, -0.25) is 24.2 Å². The number of aliphatic hydroxyl groups excluding tert-OH is 1. The van der Waals surface area contributed by atoms with E-state index in [9.17, 15) is 33.9 Å². The molecule has 5 rings (SSSR count). The molecule has 0 aliphatic carbocycles. The van der Waals surface area contributed by atoms with Gasteiger partial charge in [-0.25, -0.2) is 14.4 Å². The van der Waals surface area contributed by atoms with Crippen molar-refractivity contribution in [1.29, 1.82) is 0 Å². The molecule has 5 heterocycles. The first-order chi connectivity index (χ1) is 20.5. The lowest BCUT2D eigenvalue weighted by atomic mass is 10.0. The van der Waals surface area contributed by atoms with Crippen LogP contribution in [0.2, 0.25) is 0 Å². The van der Waals surface area contributed by atoms with E-state index in [4.69, 9.17) is 25.1 Å². The predicted molar refractivity (Wildman–Crippen MR) is 140 cm³/mol. The van der Waals surface area contributed by atoms with Crippen LogP contribution in [-0.4, -0.2) is 116 Å². The molecule has 1 aromatic rings. The molecule has 4 amide bonds. The second-order valence-electron chi connectivity index (χ2n) is 8.93. The second kappa shape index (κ2) is 12.9. The van der Waals surface area contributed by atoms with E-state index in [1.54, 1.807) is 6.07 Å². The smallest absolute Gasteiger partial charge is 0.404 e. The first kappa shape index (κ1) is 30.9. The van der Waals surface area contributed by atoms with Crippen molar-refractivity contribution in [1.82, 2.24) is 15.1 Å². The Kier molecular flexibility index (Phi) is 9.24. The number of rotatable bonds is 9. The van der Waals surface area contributed by atoms with Gasteiger partial charge in [-0.2, -0.15) is 0 Å². The molecule has 3 fully saturated rings. The highest BCUT2D eigenvalue weighted by molar-refractivity contribution is 8.00. The molecular formula is C24H25N5O13S. The summed E-state index contributed by atoms with van der Waals surface area (Å²) in [6, 6.07) is 1.02. The van der Waals surface area contributed by atoms with Gasteiger partial charge in [-0.1, -0.05) is 5.16 Å². The molecule has 4 aliphatic heterocycles. The molecule has 230 valence electrons. The fourth-order valence-electron chi connectivity index (χ4n) is 4.52. The van der Waals surface area contributed by atoms with Gasteiger partial charge in [0.05, 0.1) is 19.3 Å². The molecule has 0 spiro atoms. The average Bonchev–Trinajstić information content (AvgIpc) is 3.59. The number of thioether (sulfide) groups is 1. The first-order valence-electron chi connectivity index (χ1n) is 12.3. The van der Waals surface area contributed by atoms with Crippen LogP contribution in [0.1, 0.15) is 12.2 Å². The van der Waals surface area contributed by atoms with E-state index >= 15 is 0 Å². The maximum Gasteiger partial charge on any atom is 0.404 e. The number of carboxylic acids is 2. The summed E-state index contributed by atoms with van der Waals surface area (Å²) in [5.74, 6) is -3.60. The lowest BCUT2D eigenvalue weighted by Gasteiger charge is -2.49. The van der Waals surface area contributed by atoms with Crippen molar-refractivity contribution in [3.05, 3.63) is 47.3 Å². The summed E-state index contributed by atoms with van der Waals surface area (Å²) in [5, 5.41) is 32.5. The molecule has 0 aromatic carbocycles. The number of amides is 4. The monoisotopic (exact) mass is 623 g/mol. The van der Waals surface area contributed by atoms with Crippen LogP contribution in [-0.2, 0) is 38.3 Å². The zero-order valence-corrected chi connectivity index (χ0v) is 23.0. The number of ether oxygens (including phenoxy) is 2. The topological polar surface area (TPSA) is 261 Å². The molecule has 1 aromatic heterocycles. The molecule has 6 N–H and O–H groups in total. The van der Waals surface area contributed by atoms with Gasteiger partial charge in [0.25, 0.3) is 11.8 Å². The van der Waals surface area contributed by atoms with E-state index in [1.165, 1.54) is 42.2 Å². The minimum atomic E-state index is -1.35. The molecule has 0 bridgehead atoms. The summed E-state index contributed by atoms with van der Waals surface area (Å²) in [5.41, 5.74) is 4.68. The highest BCUT2D eigenvalue weighted by atomic mass is 32.2. The van der Waals surface area contributed by atoms with Crippen molar-refractivity contribution in [2.75, 3.05) is 26.1 Å². The van der Waals surface area contributed by atoms with E-state index in [0.29, 0.717) is 0 Å². The Labute approximate surface area is 245 Å². The van der Waals surface area contributed by atoms with Gasteiger partial charge in [-0.15, -0.1) is 11.8 Å². The minimum Gasteiger partial charge on any atom is -0.479 e. The van der Waals surface area contributed by atoms with Gasteiger partial charge in [0.2, 0.25) is 11.6 Å². The van der Waals surface area contributed by atoms with Crippen LogP contribution in [0.4, 0.5) is 4.79 Å². The summed E-state index contributed by atoms with van der Waals surface area (Å²) >= 11 is 1.21. The van der Waals surface area contributed by atoms with E-state index in [2.05, 4.69) is 20.0 Å². The first-order valence-corrected chi connectivity index (χ1v) is 13.3. The summed E-state index contributed by atoms with van der Waals surface area (Å²) in [4.78, 5) is 76.3. The number of oxime groups is 1. The van der Waals surface area contributed by atoms with Gasteiger partial charge < -0.3 is 45.1 Å². The Hall–Kier alpha value is -5.04. The fourth-order valence-corrected chi connectivity index (χ4v) is 5.85. The van der Waals surface area contributed by atoms with Crippen LogP contribution >= 0.6 is 11.8 Å². The number of fused-ring (bicyclic) bond motifs is 2.